The Morgan fingerprint density at radius 2 is 2.12 bits per heavy atom. The molecule has 0 rings (SSSR count). The van der Waals surface area contributed by atoms with Gasteiger partial charge >= 0.3 is 5.97 Å². The van der Waals surface area contributed by atoms with E-state index in [1.807, 2.05) is 18.7 Å². The number of rotatable bonds is 9. The normalized spacial score (nSPS) is 15.1. The molecule has 0 aromatic rings. The summed E-state index contributed by atoms with van der Waals surface area (Å²) in [5.41, 5.74) is -0.764. The van der Waals surface area contributed by atoms with Crippen LogP contribution in [-0.2, 0) is 4.79 Å². The lowest BCUT2D eigenvalue weighted by Gasteiger charge is -2.26. The minimum absolute atomic E-state index is 0.671. The van der Waals surface area contributed by atoms with Crippen LogP contribution in [0.25, 0.3) is 0 Å². The number of hydrogen-bond donors (Lipinski definition) is 2. The summed E-state index contributed by atoms with van der Waals surface area (Å²) in [6, 6.07) is 0. The van der Waals surface area contributed by atoms with Gasteiger partial charge in [0.05, 0.1) is 0 Å². The summed E-state index contributed by atoms with van der Waals surface area (Å²) in [7, 11) is 0. The van der Waals surface area contributed by atoms with Gasteiger partial charge in [-0.2, -0.15) is 11.8 Å². The zero-order valence-corrected chi connectivity index (χ0v) is 11.7. The van der Waals surface area contributed by atoms with Gasteiger partial charge in [0.2, 0.25) is 0 Å². The smallest absolute Gasteiger partial charge is 0.323 e. The maximum Gasteiger partial charge on any atom is 0.323 e. The van der Waals surface area contributed by atoms with Gasteiger partial charge < -0.3 is 10.4 Å². The SMILES string of the molecule is CCCNC(C)(CCSCC(C)C)C(=O)O. The van der Waals surface area contributed by atoms with Crippen molar-refractivity contribution < 1.29 is 9.90 Å². The minimum Gasteiger partial charge on any atom is -0.480 e. The molecule has 0 aromatic carbocycles. The Kier molecular flexibility index (Phi) is 7.85. The van der Waals surface area contributed by atoms with Crippen LogP contribution in [0.4, 0.5) is 0 Å². The topological polar surface area (TPSA) is 49.3 Å². The fraction of sp³-hybridized carbons (Fsp3) is 0.917. The van der Waals surface area contributed by atoms with Crippen LogP contribution >= 0.6 is 11.8 Å². The number of hydrogen-bond acceptors (Lipinski definition) is 3. The Hall–Kier alpha value is -0.220. The quantitative estimate of drug-likeness (QED) is 0.615. The van der Waals surface area contributed by atoms with Gasteiger partial charge in [-0.3, -0.25) is 4.79 Å². The predicted molar refractivity (Wildman–Crippen MR) is 71.1 cm³/mol. The Morgan fingerprint density at radius 1 is 1.50 bits per heavy atom. The van der Waals surface area contributed by atoms with E-state index in [0.29, 0.717) is 12.3 Å². The van der Waals surface area contributed by atoms with E-state index in [-0.39, 0.29) is 0 Å². The molecule has 0 fully saturated rings. The maximum atomic E-state index is 11.2. The lowest BCUT2D eigenvalue weighted by atomic mass is 9.99. The predicted octanol–water partition coefficient (Wildman–Crippen LogP) is 2.61. The average Bonchev–Trinajstić information content (AvgIpc) is 2.21. The van der Waals surface area contributed by atoms with Crippen molar-refractivity contribution >= 4 is 17.7 Å². The largest absolute Gasteiger partial charge is 0.480 e. The molecule has 3 nitrogen and oxygen atoms in total. The summed E-state index contributed by atoms with van der Waals surface area (Å²) in [4.78, 5) is 11.2. The molecule has 1 unspecified atom stereocenters. The van der Waals surface area contributed by atoms with Crippen LogP contribution in [0.15, 0.2) is 0 Å². The first-order chi connectivity index (χ1) is 7.42. The van der Waals surface area contributed by atoms with E-state index in [1.54, 1.807) is 6.92 Å². The van der Waals surface area contributed by atoms with E-state index in [2.05, 4.69) is 19.2 Å². The molecule has 0 spiro atoms. The van der Waals surface area contributed by atoms with Gasteiger partial charge in [0, 0.05) is 0 Å². The van der Waals surface area contributed by atoms with Crippen LogP contribution in [0.2, 0.25) is 0 Å². The zero-order chi connectivity index (χ0) is 12.6. The monoisotopic (exact) mass is 247 g/mol. The van der Waals surface area contributed by atoms with Crippen molar-refractivity contribution in [1.29, 1.82) is 0 Å². The van der Waals surface area contributed by atoms with Crippen molar-refractivity contribution in [3.8, 4) is 0 Å². The molecule has 4 heteroatoms. The third-order valence-electron chi connectivity index (χ3n) is 2.43. The van der Waals surface area contributed by atoms with Gasteiger partial charge in [-0.05, 0) is 43.7 Å². The van der Waals surface area contributed by atoms with Gasteiger partial charge in [-0.1, -0.05) is 20.8 Å². The molecule has 0 aliphatic carbocycles. The highest BCUT2D eigenvalue weighted by atomic mass is 32.2. The van der Waals surface area contributed by atoms with Crippen molar-refractivity contribution in [3.05, 3.63) is 0 Å². The standard InChI is InChI=1S/C12H25NO2S/c1-5-7-13-12(4,11(14)15)6-8-16-9-10(2)3/h10,13H,5-9H2,1-4H3,(H,14,15). The molecule has 0 saturated heterocycles. The van der Waals surface area contributed by atoms with Gasteiger partial charge in [0.25, 0.3) is 0 Å². The highest BCUT2D eigenvalue weighted by molar-refractivity contribution is 7.99. The summed E-state index contributed by atoms with van der Waals surface area (Å²) in [6.07, 6.45) is 1.64. The molecule has 96 valence electrons. The van der Waals surface area contributed by atoms with Crippen molar-refractivity contribution in [3.63, 3.8) is 0 Å². The lowest BCUT2D eigenvalue weighted by molar-refractivity contribution is -0.144. The summed E-state index contributed by atoms with van der Waals surface area (Å²) in [5, 5.41) is 12.3. The molecule has 0 aliphatic heterocycles. The summed E-state index contributed by atoms with van der Waals surface area (Å²) in [6.45, 7) is 8.94. The number of carboxylic acid groups (broad SMARTS) is 1. The van der Waals surface area contributed by atoms with Gasteiger partial charge in [-0.15, -0.1) is 0 Å². The van der Waals surface area contributed by atoms with Crippen LogP contribution in [-0.4, -0.2) is 34.7 Å². The summed E-state index contributed by atoms with van der Waals surface area (Å²) >= 11 is 1.84. The average molecular weight is 247 g/mol. The van der Waals surface area contributed by atoms with Crippen LogP contribution in [0.1, 0.15) is 40.5 Å². The van der Waals surface area contributed by atoms with Crippen LogP contribution in [0.3, 0.4) is 0 Å². The van der Waals surface area contributed by atoms with Gasteiger partial charge in [-0.25, -0.2) is 0 Å². The van der Waals surface area contributed by atoms with Crippen molar-refractivity contribution in [2.45, 2.75) is 46.1 Å². The Morgan fingerprint density at radius 3 is 2.56 bits per heavy atom. The number of carbonyl (C=O) groups is 1. The first-order valence-corrected chi connectivity index (χ1v) is 7.14. The highest BCUT2D eigenvalue weighted by Gasteiger charge is 2.31. The number of thioether (sulfide) groups is 1. The fourth-order valence-electron chi connectivity index (χ4n) is 1.27. The first-order valence-electron chi connectivity index (χ1n) is 5.98. The molecule has 0 radical (unpaired) electrons. The van der Waals surface area contributed by atoms with E-state index in [4.69, 9.17) is 0 Å². The molecule has 0 amide bonds. The number of carboxylic acids is 1. The molecule has 0 saturated carbocycles. The van der Waals surface area contributed by atoms with Gasteiger partial charge in [0.1, 0.15) is 5.54 Å². The van der Waals surface area contributed by atoms with E-state index < -0.39 is 11.5 Å². The molecule has 2 N–H and O–H groups in total. The molecule has 0 aromatic heterocycles. The van der Waals surface area contributed by atoms with Crippen LogP contribution in [0, 0.1) is 5.92 Å². The molecular formula is C12H25NO2S. The molecule has 0 bridgehead atoms. The molecule has 16 heavy (non-hydrogen) atoms. The molecule has 0 aliphatic rings. The highest BCUT2D eigenvalue weighted by Crippen LogP contribution is 2.16. The van der Waals surface area contributed by atoms with E-state index >= 15 is 0 Å². The van der Waals surface area contributed by atoms with E-state index in [0.717, 1.165) is 24.5 Å². The summed E-state index contributed by atoms with van der Waals surface area (Å²) < 4.78 is 0. The molecule has 0 heterocycles. The van der Waals surface area contributed by atoms with E-state index in [1.165, 1.54) is 0 Å². The summed E-state index contributed by atoms with van der Waals surface area (Å²) in [5.74, 6) is 1.93. The minimum atomic E-state index is -0.764. The Bertz CT molecular complexity index is 209. The fourth-order valence-corrected chi connectivity index (χ4v) is 2.46. The lowest BCUT2D eigenvalue weighted by Crippen LogP contribution is -2.50. The third-order valence-corrected chi connectivity index (χ3v) is 3.83. The second-order valence-electron chi connectivity index (χ2n) is 4.78. The Balaban J connectivity index is 3.98. The Labute approximate surface area is 103 Å². The van der Waals surface area contributed by atoms with Crippen molar-refractivity contribution in [1.82, 2.24) is 5.32 Å². The maximum absolute atomic E-state index is 11.2. The molecular weight excluding hydrogens is 222 g/mol. The number of aliphatic carboxylic acids is 1. The third kappa shape index (κ3) is 6.38. The van der Waals surface area contributed by atoms with Crippen LogP contribution in [0.5, 0.6) is 0 Å². The number of nitrogens with one attached hydrogen (secondary N) is 1. The van der Waals surface area contributed by atoms with Crippen molar-refractivity contribution in [2.75, 3.05) is 18.1 Å². The van der Waals surface area contributed by atoms with Crippen LogP contribution < -0.4 is 5.32 Å². The second kappa shape index (κ2) is 7.96. The van der Waals surface area contributed by atoms with Gasteiger partial charge in [0.15, 0.2) is 0 Å². The second-order valence-corrected chi connectivity index (χ2v) is 5.93. The first kappa shape index (κ1) is 15.8. The molecule has 1 atom stereocenters. The zero-order valence-electron chi connectivity index (χ0n) is 10.9. The van der Waals surface area contributed by atoms with E-state index in [9.17, 15) is 9.90 Å². The van der Waals surface area contributed by atoms with Crippen molar-refractivity contribution in [2.24, 2.45) is 5.92 Å².